The molecule has 0 aliphatic carbocycles. The normalized spacial score (nSPS) is 12.6. The molecule has 0 unspecified atom stereocenters. The maximum Gasteiger partial charge on any atom is 0.321 e. The van der Waals surface area contributed by atoms with Crippen LogP contribution in [0.1, 0.15) is 74.9 Å². The largest absolute Gasteiger partial charge is 0.507 e. The van der Waals surface area contributed by atoms with Gasteiger partial charge in [0.2, 0.25) is 0 Å². The Bertz CT molecular complexity index is 996. The summed E-state index contributed by atoms with van der Waals surface area (Å²) in [6, 6.07) is 6.69. The first kappa shape index (κ1) is 26.2. The second-order valence-electron chi connectivity index (χ2n) is 11.2. The van der Waals surface area contributed by atoms with Crippen molar-refractivity contribution in [2.75, 3.05) is 0 Å². The van der Waals surface area contributed by atoms with Crippen molar-refractivity contribution in [2.45, 2.75) is 79.1 Å². The summed E-state index contributed by atoms with van der Waals surface area (Å²) in [7, 11) is 0. The van der Waals surface area contributed by atoms with E-state index in [1.807, 2.05) is 41.5 Å². The molecule has 2 aromatic carbocycles. The molecule has 0 aromatic heterocycles. The number of benzene rings is 2. The number of hydrogen-bond donors (Lipinski definition) is 4. The van der Waals surface area contributed by atoms with Gasteiger partial charge in [-0.05, 0) is 70.9 Å². The Morgan fingerprint density at radius 2 is 0.970 bits per heavy atom. The van der Waals surface area contributed by atoms with Crippen molar-refractivity contribution in [3.05, 3.63) is 57.6 Å². The molecular formula is C27H36O6. The lowest BCUT2D eigenvalue weighted by atomic mass is 9.74. The highest BCUT2D eigenvalue weighted by Crippen LogP contribution is 2.39. The van der Waals surface area contributed by atoms with Gasteiger partial charge in [-0.25, -0.2) is 0 Å². The topological polar surface area (TPSA) is 115 Å². The van der Waals surface area contributed by atoms with Crippen LogP contribution < -0.4 is 0 Å². The molecule has 0 heterocycles. The van der Waals surface area contributed by atoms with Crippen molar-refractivity contribution >= 4 is 11.9 Å². The van der Waals surface area contributed by atoms with Gasteiger partial charge in [0.05, 0.1) is 0 Å². The Morgan fingerprint density at radius 3 is 1.21 bits per heavy atom. The van der Waals surface area contributed by atoms with E-state index in [1.54, 1.807) is 38.1 Å². The van der Waals surface area contributed by atoms with Gasteiger partial charge >= 0.3 is 11.9 Å². The summed E-state index contributed by atoms with van der Waals surface area (Å²) in [5.74, 6) is -2.60. The summed E-state index contributed by atoms with van der Waals surface area (Å²) in [5, 5.41) is 41.3. The van der Waals surface area contributed by atoms with Crippen molar-refractivity contribution in [3.63, 3.8) is 0 Å². The first-order valence-corrected chi connectivity index (χ1v) is 11.0. The van der Waals surface area contributed by atoms with Gasteiger partial charge in [-0.15, -0.1) is 0 Å². The van der Waals surface area contributed by atoms with Crippen LogP contribution in [0, 0.1) is 19.3 Å². The fourth-order valence-corrected chi connectivity index (χ4v) is 4.21. The molecule has 2 rings (SSSR count). The zero-order valence-corrected chi connectivity index (χ0v) is 20.8. The van der Waals surface area contributed by atoms with Crippen molar-refractivity contribution in [1.82, 2.24) is 0 Å². The van der Waals surface area contributed by atoms with Crippen LogP contribution in [0.3, 0.4) is 0 Å². The first-order valence-electron chi connectivity index (χ1n) is 11.0. The molecule has 0 amide bonds. The molecule has 0 aliphatic rings. The average molecular weight is 457 g/mol. The molecule has 6 nitrogen and oxygen atoms in total. The number of carboxylic acids is 2. The molecule has 0 atom stereocenters. The van der Waals surface area contributed by atoms with Crippen molar-refractivity contribution in [3.8, 4) is 11.5 Å². The van der Waals surface area contributed by atoms with Crippen molar-refractivity contribution in [2.24, 2.45) is 5.41 Å². The molecule has 2 aromatic rings. The van der Waals surface area contributed by atoms with E-state index in [9.17, 15) is 30.0 Å². The minimum atomic E-state index is -2.11. The summed E-state index contributed by atoms with van der Waals surface area (Å²) < 4.78 is 0. The maximum absolute atomic E-state index is 12.5. The smallest absolute Gasteiger partial charge is 0.321 e. The Kier molecular flexibility index (Phi) is 6.94. The molecule has 0 radical (unpaired) electrons. The third-order valence-electron chi connectivity index (χ3n) is 6.17. The molecule has 6 heteroatoms. The van der Waals surface area contributed by atoms with Gasteiger partial charge in [0.15, 0.2) is 5.41 Å². The molecule has 0 aliphatic heterocycles. The van der Waals surface area contributed by atoms with E-state index < -0.39 is 28.2 Å². The Morgan fingerprint density at radius 1 is 0.667 bits per heavy atom. The van der Waals surface area contributed by atoms with Gasteiger partial charge in [-0.1, -0.05) is 65.8 Å². The quantitative estimate of drug-likeness (QED) is 0.441. The van der Waals surface area contributed by atoms with Crippen LogP contribution >= 0.6 is 0 Å². The highest BCUT2D eigenvalue weighted by molar-refractivity contribution is 5.99. The number of aliphatic carboxylic acids is 2. The second-order valence-corrected chi connectivity index (χ2v) is 11.2. The Balaban J connectivity index is 2.66. The SMILES string of the molecule is Cc1cc(CC(Cc2cc(C)c(O)c(C(C)(C)C)c2)(C(=O)O)C(=O)O)cc(C(C)(C)C)c1O. The number of aryl methyl sites for hydroxylation is 2. The zero-order chi connectivity index (χ0) is 25.5. The monoisotopic (exact) mass is 456 g/mol. The third kappa shape index (κ3) is 5.32. The van der Waals surface area contributed by atoms with Crippen LogP contribution in [-0.2, 0) is 33.3 Å². The Hall–Kier alpha value is -3.02. The van der Waals surface area contributed by atoms with Crippen molar-refractivity contribution in [1.29, 1.82) is 0 Å². The summed E-state index contributed by atoms with van der Waals surface area (Å²) >= 11 is 0. The number of carbonyl (C=O) groups is 2. The number of phenols is 2. The van der Waals surface area contributed by atoms with Crippen LogP contribution in [0.15, 0.2) is 24.3 Å². The lowest BCUT2D eigenvalue weighted by Gasteiger charge is -2.29. The fourth-order valence-electron chi connectivity index (χ4n) is 4.21. The molecule has 4 N–H and O–H groups in total. The van der Waals surface area contributed by atoms with Gasteiger partial charge in [-0.2, -0.15) is 0 Å². The van der Waals surface area contributed by atoms with Gasteiger partial charge in [0.1, 0.15) is 11.5 Å². The minimum Gasteiger partial charge on any atom is -0.507 e. The Labute approximate surface area is 195 Å². The number of carboxylic acid groups (broad SMARTS) is 2. The summed E-state index contributed by atoms with van der Waals surface area (Å²) in [4.78, 5) is 24.9. The molecular weight excluding hydrogens is 420 g/mol. The number of hydrogen-bond acceptors (Lipinski definition) is 4. The standard InChI is InChI=1S/C27H36O6/c1-15-9-17(11-19(21(15)28)25(3,4)5)13-27(23(30)31,24(32)33)14-18-10-16(2)22(29)20(12-18)26(6,7)8/h9-12,28-29H,13-14H2,1-8H3,(H,30,31)(H,32,33). The lowest BCUT2D eigenvalue weighted by Crippen LogP contribution is -2.43. The van der Waals surface area contributed by atoms with Crippen molar-refractivity contribution < 1.29 is 30.0 Å². The highest BCUT2D eigenvalue weighted by atomic mass is 16.4. The first-order chi connectivity index (χ1) is 14.9. The third-order valence-corrected chi connectivity index (χ3v) is 6.17. The van der Waals surface area contributed by atoms with Gasteiger partial charge in [0.25, 0.3) is 0 Å². The van der Waals surface area contributed by atoms with E-state index in [1.165, 1.54) is 0 Å². The predicted octanol–water partition coefficient (Wildman–Crippen LogP) is 5.25. The van der Waals surface area contributed by atoms with E-state index in [2.05, 4.69) is 0 Å². The van der Waals surface area contributed by atoms with E-state index in [0.29, 0.717) is 33.4 Å². The van der Waals surface area contributed by atoms with E-state index in [0.717, 1.165) is 0 Å². The van der Waals surface area contributed by atoms with Crippen LogP contribution in [0.5, 0.6) is 11.5 Å². The molecule has 33 heavy (non-hydrogen) atoms. The minimum absolute atomic E-state index is 0.131. The number of aromatic hydroxyl groups is 2. The molecule has 0 saturated heterocycles. The van der Waals surface area contributed by atoms with Crippen LogP contribution in [0.25, 0.3) is 0 Å². The number of phenolic OH excluding ortho intramolecular Hbond substituents is 2. The lowest BCUT2D eigenvalue weighted by molar-refractivity contribution is -0.164. The molecule has 0 fully saturated rings. The second kappa shape index (κ2) is 8.73. The van der Waals surface area contributed by atoms with E-state index >= 15 is 0 Å². The summed E-state index contributed by atoms with van der Waals surface area (Å²) in [6.45, 7) is 15.0. The van der Waals surface area contributed by atoms with Gasteiger partial charge < -0.3 is 20.4 Å². The molecule has 0 saturated carbocycles. The molecule has 180 valence electrons. The number of rotatable bonds is 6. The molecule has 0 bridgehead atoms. The summed E-state index contributed by atoms with van der Waals surface area (Å²) in [5.41, 5.74) is 0.547. The summed E-state index contributed by atoms with van der Waals surface area (Å²) in [6.07, 6.45) is -0.487. The zero-order valence-electron chi connectivity index (χ0n) is 20.8. The van der Waals surface area contributed by atoms with Gasteiger partial charge in [0, 0.05) is 0 Å². The molecule has 0 spiro atoms. The van der Waals surface area contributed by atoms with E-state index in [4.69, 9.17) is 0 Å². The highest BCUT2D eigenvalue weighted by Gasteiger charge is 2.47. The van der Waals surface area contributed by atoms with Crippen LogP contribution in [0.4, 0.5) is 0 Å². The van der Waals surface area contributed by atoms with E-state index in [-0.39, 0.29) is 24.3 Å². The average Bonchev–Trinajstić information content (AvgIpc) is 2.64. The predicted molar refractivity (Wildman–Crippen MR) is 128 cm³/mol. The fraction of sp³-hybridized carbons (Fsp3) is 0.481. The van der Waals surface area contributed by atoms with Crippen LogP contribution in [-0.4, -0.2) is 32.4 Å². The van der Waals surface area contributed by atoms with Gasteiger partial charge in [-0.3, -0.25) is 9.59 Å². The van der Waals surface area contributed by atoms with Crippen LogP contribution in [0.2, 0.25) is 0 Å². The maximum atomic E-state index is 12.5.